The van der Waals surface area contributed by atoms with Crippen LogP contribution in [-0.2, 0) is 15.9 Å². The predicted molar refractivity (Wildman–Crippen MR) is 106 cm³/mol. The number of nitrogens with one attached hydrogen (secondary N) is 1. The lowest BCUT2D eigenvalue weighted by Gasteiger charge is -2.35. The molecular formula is C21H33N3O2. The molecule has 0 spiro atoms. The van der Waals surface area contributed by atoms with Gasteiger partial charge in [0.25, 0.3) is 0 Å². The average Bonchev–Trinajstić information content (AvgIpc) is 2.72. The fourth-order valence-corrected chi connectivity index (χ4v) is 3.71. The Bertz CT molecular complexity index is 535. The quantitative estimate of drug-likeness (QED) is 0.627. The highest BCUT2D eigenvalue weighted by Crippen LogP contribution is 2.18. The van der Waals surface area contributed by atoms with Crippen molar-refractivity contribution < 1.29 is 9.47 Å². The monoisotopic (exact) mass is 359 g/mol. The smallest absolute Gasteiger partial charge is 0.193 e. The highest BCUT2D eigenvalue weighted by atomic mass is 16.5. The van der Waals surface area contributed by atoms with Crippen molar-refractivity contribution in [2.45, 2.75) is 50.7 Å². The largest absolute Gasteiger partial charge is 0.376 e. The highest BCUT2D eigenvalue weighted by molar-refractivity contribution is 5.79. The molecule has 0 radical (unpaired) electrons. The summed E-state index contributed by atoms with van der Waals surface area (Å²) >= 11 is 0. The third-order valence-electron chi connectivity index (χ3n) is 5.28. The molecular weight excluding hydrogens is 326 g/mol. The third kappa shape index (κ3) is 5.99. The zero-order valence-corrected chi connectivity index (χ0v) is 16.0. The number of benzene rings is 1. The van der Waals surface area contributed by atoms with E-state index in [4.69, 9.17) is 9.47 Å². The molecule has 26 heavy (non-hydrogen) atoms. The first-order chi connectivity index (χ1) is 12.8. The van der Waals surface area contributed by atoms with Crippen molar-refractivity contribution in [3.63, 3.8) is 0 Å². The number of nitrogens with zero attached hydrogens (tertiary/aromatic N) is 2. The van der Waals surface area contributed by atoms with Gasteiger partial charge in [-0.05, 0) is 44.1 Å². The van der Waals surface area contributed by atoms with E-state index < -0.39 is 0 Å². The minimum Gasteiger partial charge on any atom is -0.376 e. The molecule has 2 aliphatic heterocycles. The Balaban J connectivity index is 1.34. The number of guanidine groups is 1. The van der Waals surface area contributed by atoms with Crippen molar-refractivity contribution in [1.82, 2.24) is 10.2 Å². The Labute approximate surface area is 157 Å². The Kier molecular flexibility index (Phi) is 7.77. The molecule has 1 aromatic carbocycles. The number of likely N-dealkylation sites (tertiary alicyclic amines) is 1. The normalized spacial score (nSPS) is 22.4. The number of ether oxygens (including phenoxy) is 2. The molecule has 1 aromatic rings. The number of rotatable bonds is 6. The number of piperidine rings is 1. The Morgan fingerprint density at radius 2 is 2.00 bits per heavy atom. The van der Waals surface area contributed by atoms with Gasteiger partial charge in [0.05, 0.1) is 18.8 Å². The summed E-state index contributed by atoms with van der Waals surface area (Å²) < 4.78 is 11.9. The van der Waals surface area contributed by atoms with Crippen LogP contribution in [0.2, 0.25) is 0 Å². The summed E-state index contributed by atoms with van der Waals surface area (Å²) in [5, 5.41) is 3.50. The van der Waals surface area contributed by atoms with E-state index in [0.717, 1.165) is 64.5 Å². The van der Waals surface area contributed by atoms with Crippen LogP contribution >= 0.6 is 0 Å². The molecule has 1 atom stereocenters. The van der Waals surface area contributed by atoms with Gasteiger partial charge in [-0.15, -0.1) is 0 Å². The molecule has 0 aliphatic carbocycles. The maximum atomic E-state index is 6.11. The average molecular weight is 360 g/mol. The third-order valence-corrected chi connectivity index (χ3v) is 5.28. The standard InChI is InChI=1S/C21H33N3O2/c1-22-21(23-13-10-18-7-3-2-4-8-18)24-14-11-19(12-15-24)26-17-20-9-5-6-16-25-20/h2-4,7-8,19-20H,5-6,9-17H2,1H3,(H,22,23). The molecule has 5 heteroatoms. The van der Waals surface area contributed by atoms with Crippen molar-refractivity contribution in [3.8, 4) is 0 Å². The molecule has 0 amide bonds. The molecule has 2 fully saturated rings. The van der Waals surface area contributed by atoms with Gasteiger partial charge in [0.2, 0.25) is 0 Å². The van der Waals surface area contributed by atoms with Gasteiger partial charge in [0, 0.05) is 33.3 Å². The molecule has 0 bridgehead atoms. The molecule has 1 unspecified atom stereocenters. The second-order valence-electron chi connectivity index (χ2n) is 7.22. The zero-order chi connectivity index (χ0) is 18.0. The fraction of sp³-hybridized carbons (Fsp3) is 0.667. The maximum absolute atomic E-state index is 6.11. The van der Waals surface area contributed by atoms with Gasteiger partial charge in [-0.1, -0.05) is 30.3 Å². The molecule has 3 rings (SSSR count). The van der Waals surface area contributed by atoms with Crippen LogP contribution in [0.25, 0.3) is 0 Å². The van der Waals surface area contributed by atoms with E-state index in [-0.39, 0.29) is 0 Å². The SMILES string of the molecule is CN=C(NCCc1ccccc1)N1CCC(OCC2CCCCO2)CC1. The van der Waals surface area contributed by atoms with E-state index in [1.165, 1.54) is 18.4 Å². The van der Waals surface area contributed by atoms with E-state index in [1.807, 2.05) is 7.05 Å². The van der Waals surface area contributed by atoms with Gasteiger partial charge >= 0.3 is 0 Å². The Hall–Kier alpha value is -1.59. The van der Waals surface area contributed by atoms with Crippen molar-refractivity contribution in [2.75, 3.05) is 39.9 Å². The second kappa shape index (κ2) is 10.5. The number of aliphatic imine (C=N–C) groups is 1. The topological polar surface area (TPSA) is 46.1 Å². The maximum Gasteiger partial charge on any atom is 0.193 e. The van der Waals surface area contributed by atoms with Gasteiger partial charge in [-0.25, -0.2) is 0 Å². The lowest BCUT2D eigenvalue weighted by Crippen LogP contribution is -2.47. The predicted octanol–water partition coefficient (Wildman–Crippen LogP) is 2.85. The van der Waals surface area contributed by atoms with Crippen LogP contribution in [-0.4, -0.2) is 63.0 Å². The molecule has 0 aromatic heterocycles. The summed E-state index contributed by atoms with van der Waals surface area (Å²) in [6.45, 7) is 4.57. The van der Waals surface area contributed by atoms with Crippen LogP contribution < -0.4 is 5.32 Å². The van der Waals surface area contributed by atoms with Gasteiger partial charge in [-0.3, -0.25) is 4.99 Å². The van der Waals surface area contributed by atoms with E-state index in [2.05, 4.69) is 45.5 Å². The summed E-state index contributed by atoms with van der Waals surface area (Å²) in [5.74, 6) is 1.01. The van der Waals surface area contributed by atoms with E-state index in [9.17, 15) is 0 Å². The van der Waals surface area contributed by atoms with Crippen LogP contribution in [0.15, 0.2) is 35.3 Å². The first kappa shape index (κ1) is 19.2. The summed E-state index contributed by atoms with van der Waals surface area (Å²) in [7, 11) is 1.87. The van der Waals surface area contributed by atoms with Crippen LogP contribution in [0.1, 0.15) is 37.7 Å². The fourth-order valence-electron chi connectivity index (χ4n) is 3.71. The lowest BCUT2D eigenvalue weighted by molar-refractivity contribution is -0.0721. The number of hydrogen-bond acceptors (Lipinski definition) is 3. The van der Waals surface area contributed by atoms with Gasteiger partial charge in [0.15, 0.2) is 5.96 Å². The first-order valence-electron chi connectivity index (χ1n) is 10.1. The van der Waals surface area contributed by atoms with Gasteiger partial charge in [-0.2, -0.15) is 0 Å². The lowest BCUT2D eigenvalue weighted by atomic mass is 10.1. The second-order valence-corrected chi connectivity index (χ2v) is 7.22. The van der Waals surface area contributed by atoms with Crippen LogP contribution in [0.3, 0.4) is 0 Å². The number of hydrogen-bond donors (Lipinski definition) is 1. The summed E-state index contributed by atoms with van der Waals surface area (Å²) in [6, 6.07) is 10.6. The van der Waals surface area contributed by atoms with E-state index in [1.54, 1.807) is 0 Å². The molecule has 1 N–H and O–H groups in total. The van der Waals surface area contributed by atoms with Crippen LogP contribution in [0.4, 0.5) is 0 Å². The molecule has 2 saturated heterocycles. The van der Waals surface area contributed by atoms with Crippen molar-refractivity contribution in [2.24, 2.45) is 4.99 Å². The highest BCUT2D eigenvalue weighted by Gasteiger charge is 2.23. The summed E-state index contributed by atoms with van der Waals surface area (Å²) in [4.78, 5) is 6.81. The molecule has 144 valence electrons. The van der Waals surface area contributed by atoms with Gasteiger partial charge in [0.1, 0.15) is 0 Å². The first-order valence-corrected chi connectivity index (χ1v) is 10.1. The van der Waals surface area contributed by atoms with Crippen molar-refractivity contribution in [3.05, 3.63) is 35.9 Å². The molecule has 2 heterocycles. The summed E-state index contributed by atoms with van der Waals surface area (Å²) in [5.41, 5.74) is 1.35. The minimum atomic E-state index is 0.314. The minimum absolute atomic E-state index is 0.314. The van der Waals surface area contributed by atoms with Crippen molar-refractivity contribution >= 4 is 5.96 Å². The van der Waals surface area contributed by atoms with Gasteiger partial charge < -0.3 is 19.7 Å². The van der Waals surface area contributed by atoms with Crippen molar-refractivity contribution in [1.29, 1.82) is 0 Å². The molecule has 2 aliphatic rings. The van der Waals surface area contributed by atoms with Crippen LogP contribution in [0.5, 0.6) is 0 Å². The van der Waals surface area contributed by atoms with Crippen LogP contribution in [0, 0.1) is 0 Å². The van der Waals surface area contributed by atoms with E-state index in [0.29, 0.717) is 12.2 Å². The Morgan fingerprint density at radius 3 is 2.69 bits per heavy atom. The Morgan fingerprint density at radius 1 is 1.19 bits per heavy atom. The zero-order valence-electron chi connectivity index (χ0n) is 16.0. The van der Waals surface area contributed by atoms with E-state index >= 15 is 0 Å². The molecule has 5 nitrogen and oxygen atoms in total. The summed E-state index contributed by atoms with van der Waals surface area (Å²) in [6.07, 6.45) is 7.44. The molecule has 0 saturated carbocycles.